The summed E-state index contributed by atoms with van der Waals surface area (Å²) in [5, 5.41) is 0. The zero-order valence-electron chi connectivity index (χ0n) is 6.69. The molecule has 9 heavy (non-hydrogen) atoms. The first-order valence-corrected chi connectivity index (χ1v) is 3.16. The average Bonchev–Trinajstić information content (AvgIpc) is 1.64. The van der Waals surface area contributed by atoms with Gasteiger partial charge in [0.15, 0.2) is 0 Å². The SMILES string of the molecule is [CH2]NOC(C)C(C)(C)C. The third-order valence-electron chi connectivity index (χ3n) is 1.48. The molecule has 2 heteroatoms. The Hall–Kier alpha value is -0.0800. The van der Waals surface area contributed by atoms with Crippen LogP contribution in [0.15, 0.2) is 0 Å². The van der Waals surface area contributed by atoms with E-state index >= 15 is 0 Å². The fraction of sp³-hybridized carbons (Fsp3) is 0.857. The molecule has 1 radical (unpaired) electrons. The van der Waals surface area contributed by atoms with Crippen LogP contribution in [0.3, 0.4) is 0 Å². The van der Waals surface area contributed by atoms with E-state index in [2.05, 4.69) is 33.3 Å². The minimum Gasteiger partial charge on any atom is -0.298 e. The lowest BCUT2D eigenvalue weighted by atomic mass is 9.90. The zero-order valence-corrected chi connectivity index (χ0v) is 6.69. The highest BCUT2D eigenvalue weighted by Gasteiger charge is 2.19. The molecule has 0 aliphatic rings. The zero-order chi connectivity index (χ0) is 7.49. The standard InChI is InChI=1S/C7H16NO/c1-6(9-8-5)7(2,3)4/h6,8H,5H2,1-4H3. The van der Waals surface area contributed by atoms with Crippen molar-refractivity contribution in [3.8, 4) is 0 Å². The Morgan fingerprint density at radius 2 is 1.89 bits per heavy atom. The maximum Gasteiger partial charge on any atom is 0.0810 e. The number of hydroxylamine groups is 1. The lowest BCUT2D eigenvalue weighted by molar-refractivity contribution is -0.0499. The van der Waals surface area contributed by atoms with Crippen LogP contribution < -0.4 is 5.48 Å². The minimum atomic E-state index is 0.185. The molecule has 1 N–H and O–H groups in total. The summed E-state index contributed by atoms with van der Waals surface area (Å²) in [7, 11) is 3.37. The fourth-order valence-corrected chi connectivity index (χ4v) is 0.302. The topological polar surface area (TPSA) is 21.3 Å². The summed E-state index contributed by atoms with van der Waals surface area (Å²) < 4.78 is 0. The Morgan fingerprint density at radius 1 is 1.44 bits per heavy atom. The molecule has 1 unspecified atom stereocenters. The van der Waals surface area contributed by atoms with Crippen molar-refractivity contribution in [3.05, 3.63) is 7.05 Å². The van der Waals surface area contributed by atoms with Gasteiger partial charge in [0.2, 0.25) is 0 Å². The highest BCUT2D eigenvalue weighted by molar-refractivity contribution is 4.68. The quantitative estimate of drug-likeness (QED) is 0.575. The van der Waals surface area contributed by atoms with Gasteiger partial charge in [-0.25, -0.2) is 5.48 Å². The van der Waals surface area contributed by atoms with Crippen LogP contribution in [-0.4, -0.2) is 6.10 Å². The molecule has 0 fully saturated rings. The molecule has 0 saturated carbocycles. The van der Waals surface area contributed by atoms with Crippen molar-refractivity contribution in [3.63, 3.8) is 0 Å². The third kappa shape index (κ3) is 3.49. The molecule has 55 valence electrons. The van der Waals surface area contributed by atoms with Gasteiger partial charge in [-0.2, -0.15) is 0 Å². The molecule has 0 aromatic heterocycles. The highest BCUT2D eigenvalue weighted by Crippen LogP contribution is 2.20. The molecule has 0 amide bonds. The van der Waals surface area contributed by atoms with Crippen molar-refractivity contribution in [2.45, 2.75) is 33.8 Å². The van der Waals surface area contributed by atoms with Gasteiger partial charge in [0.25, 0.3) is 0 Å². The van der Waals surface area contributed by atoms with Crippen LogP contribution in [0.5, 0.6) is 0 Å². The summed E-state index contributed by atoms with van der Waals surface area (Å²) in [6.07, 6.45) is 0.190. The van der Waals surface area contributed by atoms with Crippen LogP contribution in [0, 0.1) is 12.5 Å². The molecule has 0 aliphatic carbocycles. The highest BCUT2D eigenvalue weighted by atomic mass is 16.7. The molecule has 1 atom stereocenters. The number of nitrogens with one attached hydrogen (secondary N) is 1. The van der Waals surface area contributed by atoms with E-state index < -0.39 is 0 Å². The van der Waals surface area contributed by atoms with Gasteiger partial charge in [-0.15, -0.1) is 0 Å². The van der Waals surface area contributed by atoms with Gasteiger partial charge in [0.1, 0.15) is 0 Å². The molecular weight excluding hydrogens is 114 g/mol. The summed E-state index contributed by atoms with van der Waals surface area (Å²) in [6.45, 7) is 8.37. The Balaban J connectivity index is 3.59. The van der Waals surface area contributed by atoms with E-state index in [1.54, 1.807) is 0 Å². The Kier molecular flexibility index (Phi) is 3.15. The van der Waals surface area contributed by atoms with Crippen LogP contribution in [0.25, 0.3) is 0 Å². The maximum absolute atomic E-state index is 5.05. The van der Waals surface area contributed by atoms with E-state index in [4.69, 9.17) is 4.84 Å². The van der Waals surface area contributed by atoms with Gasteiger partial charge >= 0.3 is 0 Å². The molecule has 2 nitrogen and oxygen atoms in total. The van der Waals surface area contributed by atoms with E-state index in [0.717, 1.165) is 0 Å². The number of hydrogen-bond acceptors (Lipinski definition) is 2. The van der Waals surface area contributed by atoms with Gasteiger partial charge < -0.3 is 0 Å². The number of hydrogen-bond donors (Lipinski definition) is 1. The lowest BCUT2D eigenvalue weighted by Crippen LogP contribution is -2.29. The Morgan fingerprint density at radius 3 is 2.00 bits per heavy atom. The molecule has 0 aromatic rings. The largest absolute Gasteiger partial charge is 0.298 e. The van der Waals surface area contributed by atoms with Gasteiger partial charge in [-0.05, 0) is 12.3 Å². The predicted octanol–water partition coefficient (Wildman–Crippen LogP) is 1.73. The van der Waals surface area contributed by atoms with Crippen LogP contribution in [0.1, 0.15) is 27.7 Å². The monoisotopic (exact) mass is 130 g/mol. The number of rotatable bonds is 2. The van der Waals surface area contributed by atoms with Crippen LogP contribution >= 0.6 is 0 Å². The first-order valence-electron chi connectivity index (χ1n) is 3.16. The van der Waals surface area contributed by atoms with Gasteiger partial charge in [0, 0.05) is 7.05 Å². The Labute approximate surface area is 57.5 Å². The van der Waals surface area contributed by atoms with Crippen LogP contribution in [0.2, 0.25) is 0 Å². The van der Waals surface area contributed by atoms with Crippen molar-refractivity contribution < 1.29 is 4.84 Å². The van der Waals surface area contributed by atoms with E-state index in [1.807, 2.05) is 6.92 Å². The summed E-state index contributed by atoms with van der Waals surface area (Å²) in [4.78, 5) is 5.05. The summed E-state index contributed by atoms with van der Waals surface area (Å²) in [5.74, 6) is 0. The van der Waals surface area contributed by atoms with Crippen LogP contribution in [-0.2, 0) is 4.84 Å². The summed E-state index contributed by atoms with van der Waals surface area (Å²) in [6, 6.07) is 0. The smallest absolute Gasteiger partial charge is 0.0810 e. The molecular formula is C7H16NO. The van der Waals surface area contributed by atoms with Crippen molar-refractivity contribution in [1.29, 1.82) is 0 Å². The van der Waals surface area contributed by atoms with E-state index in [0.29, 0.717) is 0 Å². The molecule has 0 spiro atoms. The van der Waals surface area contributed by atoms with Crippen molar-refractivity contribution in [1.82, 2.24) is 5.48 Å². The predicted molar refractivity (Wildman–Crippen MR) is 38.5 cm³/mol. The summed E-state index contributed by atoms with van der Waals surface area (Å²) in [5.41, 5.74) is 2.61. The molecule has 0 rings (SSSR count). The molecule has 0 bridgehead atoms. The van der Waals surface area contributed by atoms with Crippen molar-refractivity contribution in [2.24, 2.45) is 5.41 Å². The van der Waals surface area contributed by atoms with Crippen molar-refractivity contribution >= 4 is 0 Å². The van der Waals surface area contributed by atoms with E-state index in [1.165, 1.54) is 0 Å². The normalized spacial score (nSPS) is 15.7. The molecule has 0 saturated heterocycles. The Bertz CT molecular complexity index is 75.5. The molecule has 0 aliphatic heterocycles. The first kappa shape index (κ1) is 8.92. The second-order valence-corrected chi connectivity index (χ2v) is 3.27. The van der Waals surface area contributed by atoms with Crippen molar-refractivity contribution in [2.75, 3.05) is 0 Å². The van der Waals surface area contributed by atoms with Gasteiger partial charge in [-0.1, -0.05) is 20.8 Å². The first-order chi connectivity index (χ1) is 3.98. The summed E-state index contributed by atoms with van der Waals surface area (Å²) >= 11 is 0. The van der Waals surface area contributed by atoms with Gasteiger partial charge in [-0.3, -0.25) is 4.84 Å². The maximum atomic E-state index is 5.05. The minimum absolute atomic E-state index is 0.185. The van der Waals surface area contributed by atoms with E-state index in [-0.39, 0.29) is 11.5 Å². The van der Waals surface area contributed by atoms with Crippen LogP contribution in [0.4, 0.5) is 0 Å². The fourth-order valence-electron chi connectivity index (χ4n) is 0.302. The lowest BCUT2D eigenvalue weighted by Gasteiger charge is -2.25. The second-order valence-electron chi connectivity index (χ2n) is 3.27. The van der Waals surface area contributed by atoms with E-state index in [9.17, 15) is 0 Å². The molecule has 0 aromatic carbocycles. The molecule has 0 heterocycles. The average molecular weight is 130 g/mol. The second kappa shape index (κ2) is 3.18. The van der Waals surface area contributed by atoms with Gasteiger partial charge in [0.05, 0.1) is 6.10 Å². The third-order valence-corrected chi connectivity index (χ3v) is 1.48.